The van der Waals surface area contributed by atoms with Gasteiger partial charge >= 0.3 is 0 Å². The average Bonchev–Trinajstić information content (AvgIpc) is 3.03. The van der Waals surface area contributed by atoms with Gasteiger partial charge < -0.3 is 14.4 Å². The third-order valence-electron chi connectivity index (χ3n) is 4.48. The molecular formula is C20H18FN3O3S. The van der Waals surface area contributed by atoms with Crippen LogP contribution in [0.3, 0.4) is 0 Å². The molecule has 144 valence electrons. The highest BCUT2D eigenvalue weighted by Gasteiger charge is 2.36. The second kappa shape index (κ2) is 7.55. The van der Waals surface area contributed by atoms with Crippen molar-refractivity contribution in [1.29, 1.82) is 0 Å². The minimum Gasteiger partial charge on any atom is -0.493 e. The van der Waals surface area contributed by atoms with Crippen molar-refractivity contribution in [3.8, 4) is 11.5 Å². The van der Waals surface area contributed by atoms with Crippen LogP contribution in [0, 0.1) is 5.82 Å². The Morgan fingerprint density at radius 3 is 2.68 bits per heavy atom. The van der Waals surface area contributed by atoms with Gasteiger partial charge in [0.05, 0.1) is 25.8 Å². The van der Waals surface area contributed by atoms with Crippen molar-refractivity contribution in [1.82, 2.24) is 4.90 Å². The number of methoxy groups -OCH3 is 2. The van der Waals surface area contributed by atoms with Crippen molar-refractivity contribution in [2.24, 2.45) is 4.99 Å². The molecule has 4 rings (SSSR count). The third-order valence-corrected chi connectivity index (χ3v) is 5.49. The van der Waals surface area contributed by atoms with Crippen molar-refractivity contribution < 1.29 is 18.7 Å². The summed E-state index contributed by atoms with van der Waals surface area (Å²) in [5, 5.41) is 0.629. The van der Waals surface area contributed by atoms with E-state index in [1.807, 2.05) is 11.0 Å². The van der Waals surface area contributed by atoms with Crippen LogP contribution in [0.25, 0.3) is 6.08 Å². The summed E-state index contributed by atoms with van der Waals surface area (Å²) in [6, 6.07) is 11.9. The lowest BCUT2D eigenvalue weighted by Crippen LogP contribution is -2.46. The molecule has 0 saturated carbocycles. The predicted octanol–water partition coefficient (Wildman–Crippen LogP) is 3.55. The summed E-state index contributed by atoms with van der Waals surface area (Å²) in [7, 11) is 3.13. The van der Waals surface area contributed by atoms with E-state index in [9.17, 15) is 9.18 Å². The van der Waals surface area contributed by atoms with Crippen LogP contribution >= 0.6 is 11.8 Å². The summed E-state index contributed by atoms with van der Waals surface area (Å²) in [6.45, 7) is 0.259. The molecule has 0 aliphatic carbocycles. The number of thioether (sulfide) groups is 1. The van der Waals surface area contributed by atoms with E-state index in [0.29, 0.717) is 33.9 Å². The number of fused-ring (bicyclic) bond motifs is 1. The molecule has 0 radical (unpaired) electrons. The van der Waals surface area contributed by atoms with Crippen LogP contribution in [0.5, 0.6) is 11.5 Å². The molecular weight excluding hydrogens is 381 g/mol. The normalized spacial score (nSPS) is 17.6. The minimum atomic E-state index is -0.309. The first kappa shape index (κ1) is 18.4. The smallest absolute Gasteiger partial charge is 0.280 e. The van der Waals surface area contributed by atoms with E-state index in [2.05, 4.69) is 4.99 Å². The van der Waals surface area contributed by atoms with E-state index in [1.54, 1.807) is 55.5 Å². The highest BCUT2D eigenvalue weighted by molar-refractivity contribution is 8.14. The molecule has 28 heavy (non-hydrogen) atoms. The molecule has 2 aliphatic rings. The fraction of sp³-hybridized carbons (Fsp3) is 0.200. The van der Waals surface area contributed by atoms with Gasteiger partial charge in [0.1, 0.15) is 18.2 Å². The first-order chi connectivity index (χ1) is 13.6. The number of hydrogen-bond donors (Lipinski definition) is 0. The number of rotatable bonds is 4. The Balaban J connectivity index is 1.57. The van der Waals surface area contributed by atoms with E-state index >= 15 is 0 Å². The molecule has 1 amide bonds. The standard InChI is InChI=1S/C20H18FN3O3S/c1-26-17-8-7-13(10-18(17)27-2)9-15-19(25)24-11-23(12-28-20(24)22-15)16-6-4-3-5-14(16)21/h3-10H,11-12H2,1-2H3/b15-9-. The molecule has 6 nitrogen and oxygen atoms in total. The van der Waals surface area contributed by atoms with E-state index in [4.69, 9.17) is 9.47 Å². The molecule has 2 heterocycles. The van der Waals surface area contributed by atoms with Gasteiger partial charge in [0.15, 0.2) is 16.7 Å². The number of aliphatic imine (C=N–C) groups is 1. The second-order valence-corrected chi connectivity index (χ2v) is 7.09. The summed E-state index contributed by atoms with van der Waals surface area (Å²) >= 11 is 1.41. The Kier molecular flexibility index (Phi) is 4.95. The number of halogens is 1. The van der Waals surface area contributed by atoms with Crippen LogP contribution < -0.4 is 14.4 Å². The Morgan fingerprint density at radius 1 is 1.14 bits per heavy atom. The van der Waals surface area contributed by atoms with Crippen LogP contribution in [0.2, 0.25) is 0 Å². The number of hydrogen-bond acceptors (Lipinski definition) is 6. The fourth-order valence-corrected chi connectivity index (χ4v) is 4.02. The van der Waals surface area contributed by atoms with E-state index in [-0.39, 0.29) is 18.4 Å². The molecule has 1 fully saturated rings. The highest BCUT2D eigenvalue weighted by Crippen LogP contribution is 2.33. The predicted molar refractivity (Wildman–Crippen MR) is 108 cm³/mol. The molecule has 1 saturated heterocycles. The maximum absolute atomic E-state index is 14.1. The molecule has 0 bridgehead atoms. The number of ether oxygens (including phenoxy) is 2. The quantitative estimate of drug-likeness (QED) is 0.736. The lowest BCUT2D eigenvalue weighted by atomic mass is 10.1. The van der Waals surface area contributed by atoms with Crippen molar-refractivity contribution in [2.45, 2.75) is 0 Å². The maximum atomic E-state index is 14.1. The average molecular weight is 399 g/mol. The van der Waals surface area contributed by atoms with Gasteiger partial charge in [-0.2, -0.15) is 0 Å². The van der Waals surface area contributed by atoms with Gasteiger partial charge in [0.2, 0.25) is 0 Å². The molecule has 2 aromatic carbocycles. The van der Waals surface area contributed by atoms with Crippen molar-refractivity contribution in [3.63, 3.8) is 0 Å². The lowest BCUT2D eigenvalue weighted by Gasteiger charge is -2.34. The van der Waals surface area contributed by atoms with Gasteiger partial charge in [-0.05, 0) is 35.9 Å². The van der Waals surface area contributed by atoms with Gasteiger partial charge in [-0.3, -0.25) is 9.69 Å². The van der Waals surface area contributed by atoms with Crippen molar-refractivity contribution in [2.75, 3.05) is 31.7 Å². The van der Waals surface area contributed by atoms with Gasteiger partial charge in [0, 0.05) is 0 Å². The highest BCUT2D eigenvalue weighted by atomic mass is 32.2. The SMILES string of the molecule is COc1ccc(/C=C2\N=C3SCN(c4ccccc4F)CN3C2=O)cc1OC. The number of para-hydroxylation sites is 1. The molecule has 2 aromatic rings. The van der Waals surface area contributed by atoms with E-state index < -0.39 is 0 Å². The number of benzene rings is 2. The lowest BCUT2D eigenvalue weighted by molar-refractivity contribution is -0.122. The zero-order valence-corrected chi connectivity index (χ0v) is 16.2. The molecule has 0 unspecified atom stereocenters. The molecule has 0 N–H and O–H groups in total. The van der Waals surface area contributed by atoms with E-state index in [1.165, 1.54) is 17.8 Å². The largest absolute Gasteiger partial charge is 0.493 e. The summed E-state index contributed by atoms with van der Waals surface area (Å²) in [5.74, 6) is 1.19. The minimum absolute atomic E-state index is 0.210. The summed E-state index contributed by atoms with van der Waals surface area (Å²) < 4.78 is 24.6. The van der Waals surface area contributed by atoms with Crippen LogP contribution in [0.1, 0.15) is 5.56 Å². The summed E-state index contributed by atoms with van der Waals surface area (Å²) in [5.41, 5.74) is 1.59. The molecule has 2 aliphatic heterocycles. The Labute approximate surface area is 166 Å². The van der Waals surface area contributed by atoms with Crippen LogP contribution in [0.15, 0.2) is 53.2 Å². The molecule has 0 atom stereocenters. The molecule has 0 spiro atoms. The summed E-state index contributed by atoms with van der Waals surface area (Å²) in [4.78, 5) is 20.7. The number of anilines is 1. The molecule has 0 aromatic heterocycles. The number of carbonyl (C=O) groups excluding carboxylic acids is 1. The van der Waals surface area contributed by atoms with Gasteiger partial charge in [-0.25, -0.2) is 9.38 Å². The van der Waals surface area contributed by atoms with E-state index in [0.717, 1.165) is 5.56 Å². The van der Waals surface area contributed by atoms with Crippen molar-refractivity contribution >= 4 is 34.6 Å². The first-order valence-electron chi connectivity index (χ1n) is 8.57. The molecule has 8 heteroatoms. The zero-order valence-electron chi connectivity index (χ0n) is 15.4. The van der Waals surface area contributed by atoms with Gasteiger partial charge in [-0.15, -0.1) is 0 Å². The van der Waals surface area contributed by atoms with Gasteiger partial charge in [0.25, 0.3) is 5.91 Å². The van der Waals surface area contributed by atoms with Crippen LogP contribution in [-0.4, -0.2) is 42.7 Å². The summed E-state index contributed by atoms with van der Waals surface area (Å²) in [6.07, 6.45) is 1.71. The Hall–Kier alpha value is -3.00. The fourth-order valence-electron chi connectivity index (χ4n) is 3.07. The number of amides is 1. The number of nitrogens with zero attached hydrogens (tertiary/aromatic N) is 3. The first-order valence-corrected chi connectivity index (χ1v) is 9.56. The second-order valence-electron chi connectivity index (χ2n) is 6.18. The third kappa shape index (κ3) is 3.31. The Bertz CT molecular complexity index is 992. The van der Waals surface area contributed by atoms with Crippen molar-refractivity contribution in [3.05, 3.63) is 59.5 Å². The zero-order chi connectivity index (χ0) is 19.7. The monoisotopic (exact) mass is 399 g/mol. The number of amidine groups is 1. The maximum Gasteiger partial charge on any atom is 0.280 e. The number of carbonyl (C=O) groups is 1. The Morgan fingerprint density at radius 2 is 1.93 bits per heavy atom. The van der Waals surface area contributed by atoms with Crippen LogP contribution in [-0.2, 0) is 4.79 Å². The topological polar surface area (TPSA) is 54.4 Å². The van der Waals surface area contributed by atoms with Crippen LogP contribution in [0.4, 0.5) is 10.1 Å². The van der Waals surface area contributed by atoms with Gasteiger partial charge in [-0.1, -0.05) is 30.0 Å².